The third-order valence-electron chi connectivity index (χ3n) is 2.27. The fourth-order valence-electron chi connectivity index (χ4n) is 1.35. The van der Waals surface area contributed by atoms with Gasteiger partial charge in [-0.2, -0.15) is 0 Å². The lowest BCUT2D eigenvalue weighted by Gasteiger charge is -2.11. The lowest BCUT2D eigenvalue weighted by Crippen LogP contribution is -2.37. The van der Waals surface area contributed by atoms with Crippen molar-refractivity contribution in [2.75, 3.05) is 13.2 Å². The second-order valence-electron chi connectivity index (χ2n) is 3.65. The Balaban J connectivity index is 2.51. The highest BCUT2D eigenvalue weighted by atomic mass is 16.5. The van der Waals surface area contributed by atoms with Crippen LogP contribution in [-0.2, 0) is 11.3 Å². The summed E-state index contributed by atoms with van der Waals surface area (Å²) in [5, 5.41) is 12.1. The van der Waals surface area contributed by atoms with Crippen LogP contribution < -0.4 is 15.8 Å². The van der Waals surface area contributed by atoms with E-state index in [2.05, 4.69) is 11.2 Å². The molecular weight excluding hydrogens is 232 g/mol. The van der Waals surface area contributed by atoms with Gasteiger partial charge in [-0.15, -0.1) is 6.42 Å². The highest BCUT2D eigenvalue weighted by Crippen LogP contribution is 2.17. The molecule has 1 atom stereocenters. The molecule has 5 heteroatoms. The number of hydrogen-bond acceptors (Lipinski definition) is 4. The van der Waals surface area contributed by atoms with Crippen molar-refractivity contribution in [1.82, 2.24) is 5.32 Å². The number of para-hydroxylation sites is 1. The standard InChI is InChI=1S/C13H16N2O3/c1-2-7-18-12-6-4-3-5-10(12)8-15-9-11(16)13(14)17/h1,3-6,11,15-16H,7-9H2,(H2,14,17). The van der Waals surface area contributed by atoms with Crippen LogP contribution in [0.25, 0.3) is 0 Å². The highest BCUT2D eigenvalue weighted by Gasteiger charge is 2.10. The van der Waals surface area contributed by atoms with Crippen LogP contribution in [-0.4, -0.2) is 30.3 Å². The summed E-state index contributed by atoms with van der Waals surface area (Å²) >= 11 is 0. The van der Waals surface area contributed by atoms with Crippen molar-refractivity contribution in [2.45, 2.75) is 12.6 Å². The van der Waals surface area contributed by atoms with Gasteiger partial charge in [0.05, 0.1) is 0 Å². The molecule has 0 bridgehead atoms. The first kappa shape index (κ1) is 14.0. The van der Waals surface area contributed by atoms with Gasteiger partial charge in [-0.1, -0.05) is 24.1 Å². The van der Waals surface area contributed by atoms with E-state index in [1.54, 1.807) is 6.07 Å². The fraction of sp³-hybridized carbons (Fsp3) is 0.308. The van der Waals surface area contributed by atoms with Gasteiger partial charge in [0.25, 0.3) is 0 Å². The molecule has 1 aromatic rings. The number of nitrogens with two attached hydrogens (primary N) is 1. The van der Waals surface area contributed by atoms with Crippen molar-refractivity contribution >= 4 is 5.91 Å². The maximum Gasteiger partial charge on any atom is 0.247 e. The summed E-state index contributed by atoms with van der Waals surface area (Å²) in [4.78, 5) is 10.6. The van der Waals surface area contributed by atoms with E-state index in [0.717, 1.165) is 5.56 Å². The van der Waals surface area contributed by atoms with Crippen LogP contribution in [0.4, 0.5) is 0 Å². The number of aliphatic hydroxyl groups is 1. The molecule has 1 aromatic carbocycles. The molecule has 0 saturated carbocycles. The molecule has 0 heterocycles. The third-order valence-corrected chi connectivity index (χ3v) is 2.27. The van der Waals surface area contributed by atoms with Crippen molar-refractivity contribution in [3.05, 3.63) is 29.8 Å². The Bertz CT molecular complexity index is 440. The molecule has 0 radical (unpaired) electrons. The van der Waals surface area contributed by atoms with Crippen LogP contribution in [0.3, 0.4) is 0 Å². The fourth-order valence-corrected chi connectivity index (χ4v) is 1.35. The van der Waals surface area contributed by atoms with Gasteiger partial charge in [0.2, 0.25) is 5.91 Å². The summed E-state index contributed by atoms with van der Waals surface area (Å²) in [6.45, 7) is 0.741. The Morgan fingerprint density at radius 3 is 2.94 bits per heavy atom. The molecule has 4 N–H and O–H groups in total. The molecule has 0 aliphatic carbocycles. The van der Waals surface area contributed by atoms with E-state index in [1.165, 1.54) is 0 Å². The largest absolute Gasteiger partial charge is 0.481 e. The first-order valence-corrected chi connectivity index (χ1v) is 5.47. The van der Waals surface area contributed by atoms with E-state index < -0.39 is 12.0 Å². The van der Waals surface area contributed by atoms with E-state index in [0.29, 0.717) is 12.3 Å². The first-order valence-electron chi connectivity index (χ1n) is 5.47. The van der Waals surface area contributed by atoms with E-state index in [9.17, 15) is 9.90 Å². The lowest BCUT2D eigenvalue weighted by atomic mass is 10.2. The highest BCUT2D eigenvalue weighted by molar-refractivity contribution is 5.78. The lowest BCUT2D eigenvalue weighted by molar-refractivity contribution is -0.125. The predicted molar refractivity (Wildman–Crippen MR) is 67.7 cm³/mol. The Morgan fingerprint density at radius 1 is 1.56 bits per heavy atom. The minimum absolute atomic E-state index is 0.0960. The zero-order chi connectivity index (χ0) is 13.4. The van der Waals surface area contributed by atoms with Crippen LogP contribution in [0.15, 0.2) is 24.3 Å². The molecule has 0 spiro atoms. The number of hydrogen-bond donors (Lipinski definition) is 3. The van der Waals surface area contributed by atoms with Crippen LogP contribution >= 0.6 is 0 Å². The molecule has 18 heavy (non-hydrogen) atoms. The topological polar surface area (TPSA) is 84.6 Å². The summed E-state index contributed by atoms with van der Waals surface area (Å²) < 4.78 is 5.36. The number of ether oxygens (including phenoxy) is 1. The zero-order valence-electron chi connectivity index (χ0n) is 9.93. The first-order chi connectivity index (χ1) is 8.65. The summed E-state index contributed by atoms with van der Waals surface area (Å²) in [6, 6.07) is 7.38. The molecule has 0 aliphatic heterocycles. The van der Waals surface area contributed by atoms with E-state index in [-0.39, 0.29) is 13.2 Å². The van der Waals surface area contributed by atoms with Gasteiger partial charge in [-0.05, 0) is 6.07 Å². The summed E-state index contributed by atoms with van der Waals surface area (Å²) in [7, 11) is 0. The molecule has 0 aromatic heterocycles. The monoisotopic (exact) mass is 248 g/mol. The van der Waals surface area contributed by atoms with Gasteiger partial charge in [0.15, 0.2) is 0 Å². The molecule has 96 valence electrons. The molecule has 0 saturated heterocycles. The van der Waals surface area contributed by atoms with Gasteiger partial charge < -0.3 is 20.9 Å². The number of carbonyl (C=O) groups excluding carboxylic acids is 1. The van der Waals surface area contributed by atoms with Gasteiger partial charge in [0.1, 0.15) is 18.5 Å². The Hall–Kier alpha value is -2.03. The van der Waals surface area contributed by atoms with Gasteiger partial charge >= 0.3 is 0 Å². The Labute approximate surface area is 106 Å². The average Bonchev–Trinajstić information content (AvgIpc) is 2.37. The van der Waals surface area contributed by atoms with Crippen LogP contribution in [0.5, 0.6) is 5.75 Å². The number of primary amides is 1. The molecule has 1 unspecified atom stereocenters. The Kier molecular flexibility index (Phi) is 5.71. The number of benzene rings is 1. The average molecular weight is 248 g/mol. The number of carbonyl (C=O) groups is 1. The van der Waals surface area contributed by atoms with Gasteiger partial charge in [-0.25, -0.2) is 0 Å². The SMILES string of the molecule is C#CCOc1ccccc1CNCC(O)C(N)=O. The van der Waals surface area contributed by atoms with Crippen molar-refractivity contribution in [3.8, 4) is 18.1 Å². The predicted octanol–water partition coefficient (Wildman–Crippen LogP) is -0.366. The third kappa shape index (κ3) is 4.45. The van der Waals surface area contributed by atoms with Gasteiger partial charge in [-0.3, -0.25) is 4.79 Å². The van der Waals surface area contributed by atoms with Crippen LogP contribution in [0, 0.1) is 12.3 Å². The molecule has 0 fully saturated rings. The second-order valence-corrected chi connectivity index (χ2v) is 3.65. The van der Waals surface area contributed by atoms with Gasteiger partial charge in [0, 0.05) is 18.7 Å². The number of amides is 1. The summed E-state index contributed by atoms with van der Waals surface area (Å²) in [6.07, 6.45) is 3.93. The van der Waals surface area contributed by atoms with Crippen molar-refractivity contribution < 1.29 is 14.6 Å². The minimum Gasteiger partial charge on any atom is -0.481 e. The van der Waals surface area contributed by atoms with Crippen molar-refractivity contribution in [1.29, 1.82) is 0 Å². The number of rotatable bonds is 7. The summed E-state index contributed by atoms with van der Waals surface area (Å²) in [5.41, 5.74) is 5.83. The number of aliphatic hydroxyl groups excluding tert-OH is 1. The quantitative estimate of drug-likeness (QED) is 0.575. The van der Waals surface area contributed by atoms with Crippen LogP contribution in [0.2, 0.25) is 0 Å². The van der Waals surface area contributed by atoms with Crippen molar-refractivity contribution in [3.63, 3.8) is 0 Å². The van der Waals surface area contributed by atoms with Crippen molar-refractivity contribution in [2.24, 2.45) is 5.73 Å². The molecule has 1 rings (SSSR count). The molecule has 1 amide bonds. The maximum absolute atomic E-state index is 10.6. The van der Waals surface area contributed by atoms with E-state index >= 15 is 0 Å². The smallest absolute Gasteiger partial charge is 0.247 e. The zero-order valence-corrected chi connectivity index (χ0v) is 9.93. The van der Waals surface area contributed by atoms with Crippen LogP contribution in [0.1, 0.15) is 5.56 Å². The summed E-state index contributed by atoms with van der Waals surface area (Å²) in [5.74, 6) is 2.32. The normalized spacial score (nSPS) is 11.6. The molecule has 5 nitrogen and oxygen atoms in total. The Morgan fingerprint density at radius 2 is 2.28 bits per heavy atom. The second kappa shape index (κ2) is 7.33. The molecular formula is C13H16N2O3. The number of nitrogens with one attached hydrogen (secondary N) is 1. The van der Waals surface area contributed by atoms with E-state index in [1.807, 2.05) is 18.2 Å². The maximum atomic E-state index is 10.6. The minimum atomic E-state index is -1.19. The molecule has 0 aliphatic rings. The van der Waals surface area contributed by atoms with E-state index in [4.69, 9.17) is 16.9 Å². The number of terminal acetylenes is 1.